The summed E-state index contributed by atoms with van der Waals surface area (Å²) in [7, 11) is 1.68. The average Bonchev–Trinajstić information content (AvgIpc) is 2.69. The van der Waals surface area contributed by atoms with Crippen molar-refractivity contribution in [3.05, 3.63) is 54.4 Å². The lowest BCUT2D eigenvalue weighted by Gasteiger charge is -2.11. The Morgan fingerprint density at radius 3 is 2.65 bits per heavy atom. The molecular weight excluding hydrogens is 328 g/mol. The highest BCUT2D eigenvalue weighted by Gasteiger charge is 2.09. The number of aliphatic imine (C=N–C) groups is 1. The number of nitrogens with zero attached hydrogens (tertiary/aromatic N) is 4. The van der Waals surface area contributed by atoms with Crippen LogP contribution in [0.5, 0.6) is 0 Å². The monoisotopic (exact) mass is 352 g/mol. The molecule has 0 atom stereocenters. The molecule has 1 aromatic carbocycles. The molecule has 0 aliphatic carbocycles. The number of aromatic nitrogens is 3. The fraction of sp³-hybridized carbons (Fsp3) is 0.263. The van der Waals surface area contributed by atoms with E-state index in [2.05, 4.69) is 37.3 Å². The maximum atomic E-state index is 5.07. The smallest absolute Gasteiger partial charge is 0.232 e. The van der Waals surface area contributed by atoms with E-state index in [0.717, 1.165) is 17.7 Å². The van der Waals surface area contributed by atoms with Gasteiger partial charge < -0.3 is 15.4 Å². The Morgan fingerprint density at radius 2 is 1.96 bits per heavy atom. The van der Waals surface area contributed by atoms with Crippen LogP contribution in [0.2, 0.25) is 0 Å². The number of benzene rings is 1. The molecule has 26 heavy (non-hydrogen) atoms. The number of nitrogens with one attached hydrogen (secondary N) is 2. The van der Waals surface area contributed by atoms with E-state index in [-0.39, 0.29) is 0 Å². The van der Waals surface area contributed by atoms with Crippen molar-refractivity contribution >= 4 is 18.6 Å². The molecule has 0 unspecified atom stereocenters. The molecule has 7 heteroatoms. The van der Waals surface area contributed by atoms with Crippen molar-refractivity contribution in [2.45, 2.75) is 13.3 Å². The predicted molar refractivity (Wildman–Crippen MR) is 106 cm³/mol. The lowest BCUT2D eigenvalue weighted by Crippen LogP contribution is -2.11. The molecule has 0 bridgehead atoms. The summed E-state index contributed by atoms with van der Waals surface area (Å²) >= 11 is 0. The van der Waals surface area contributed by atoms with Crippen molar-refractivity contribution in [2.75, 3.05) is 30.9 Å². The van der Waals surface area contributed by atoms with E-state index in [1.807, 2.05) is 43.3 Å². The summed E-state index contributed by atoms with van der Waals surface area (Å²) in [5.41, 5.74) is 1.73. The van der Waals surface area contributed by atoms with Crippen LogP contribution in [0.1, 0.15) is 13.3 Å². The first-order valence-corrected chi connectivity index (χ1v) is 8.37. The van der Waals surface area contributed by atoms with Crippen LogP contribution < -0.4 is 10.6 Å². The maximum Gasteiger partial charge on any atom is 0.232 e. The Morgan fingerprint density at radius 1 is 1.19 bits per heavy atom. The van der Waals surface area contributed by atoms with Crippen LogP contribution >= 0.6 is 0 Å². The highest BCUT2D eigenvalue weighted by atomic mass is 16.5. The molecule has 2 rings (SSSR count). The highest BCUT2D eigenvalue weighted by Crippen LogP contribution is 2.18. The van der Waals surface area contributed by atoms with Gasteiger partial charge in [-0.25, -0.2) is 0 Å². The molecule has 0 radical (unpaired) electrons. The zero-order valence-corrected chi connectivity index (χ0v) is 15.1. The molecule has 2 N–H and O–H groups in total. The largest absolute Gasteiger partial charge is 0.385 e. The first-order chi connectivity index (χ1) is 12.8. The molecule has 2 aromatic rings. The molecule has 0 saturated carbocycles. The van der Waals surface area contributed by atoms with Crippen molar-refractivity contribution in [1.82, 2.24) is 15.0 Å². The van der Waals surface area contributed by atoms with E-state index in [9.17, 15) is 0 Å². The number of anilines is 2. The first-order valence-electron chi connectivity index (χ1n) is 8.37. The average molecular weight is 352 g/mol. The highest BCUT2D eigenvalue weighted by molar-refractivity contribution is 5.58. The third kappa shape index (κ3) is 6.10. The summed E-state index contributed by atoms with van der Waals surface area (Å²) in [5, 5.41) is 6.39. The summed E-state index contributed by atoms with van der Waals surface area (Å²) < 4.78 is 5.07. The number of allylic oxidation sites excluding steroid dienone is 2. The number of hydrogen-bond donors (Lipinski definition) is 2. The summed E-state index contributed by atoms with van der Waals surface area (Å²) in [5.74, 6) is 1.56. The van der Waals surface area contributed by atoms with Crippen molar-refractivity contribution in [1.29, 1.82) is 0 Å². The van der Waals surface area contributed by atoms with E-state index in [1.54, 1.807) is 19.4 Å². The van der Waals surface area contributed by atoms with Crippen LogP contribution in [0.4, 0.5) is 11.9 Å². The van der Waals surface area contributed by atoms with Crippen LogP contribution in [0.3, 0.4) is 0 Å². The summed E-state index contributed by atoms with van der Waals surface area (Å²) in [4.78, 5) is 17.2. The molecule has 136 valence electrons. The van der Waals surface area contributed by atoms with E-state index >= 15 is 0 Å². The number of rotatable bonds is 10. The molecule has 0 aliphatic rings. The van der Waals surface area contributed by atoms with Crippen molar-refractivity contribution in [3.8, 4) is 11.4 Å². The number of methoxy groups -OCH3 is 1. The van der Waals surface area contributed by atoms with Gasteiger partial charge in [0.15, 0.2) is 5.82 Å². The summed E-state index contributed by atoms with van der Waals surface area (Å²) in [6.07, 6.45) is 6.16. The van der Waals surface area contributed by atoms with Crippen LogP contribution in [0, 0.1) is 0 Å². The van der Waals surface area contributed by atoms with Crippen molar-refractivity contribution in [3.63, 3.8) is 0 Å². The predicted octanol–water partition coefficient (Wildman–Crippen LogP) is 3.52. The van der Waals surface area contributed by atoms with Crippen molar-refractivity contribution < 1.29 is 4.74 Å². The van der Waals surface area contributed by atoms with E-state index in [1.165, 1.54) is 0 Å². The van der Waals surface area contributed by atoms with Gasteiger partial charge in [-0.2, -0.15) is 15.0 Å². The van der Waals surface area contributed by atoms with Gasteiger partial charge in [0, 0.05) is 37.7 Å². The molecule has 0 amide bonds. The molecule has 0 spiro atoms. The zero-order valence-electron chi connectivity index (χ0n) is 15.1. The minimum absolute atomic E-state index is 0.454. The summed E-state index contributed by atoms with van der Waals surface area (Å²) in [6, 6.07) is 9.79. The molecule has 7 nitrogen and oxygen atoms in total. The zero-order chi connectivity index (χ0) is 18.6. The second-order valence-corrected chi connectivity index (χ2v) is 5.31. The Bertz CT molecular complexity index is 758. The quantitative estimate of drug-likeness (QED) is 0.387. The normalized spacial score (nSPS) is 11.5. The fourth-order valence-electron chi connectivity index (χ4n) is 2.12. The Labute approximate surface area is 154 Å². The van der Waals surface area contributed by atoms with Gasteiger partial charge in [0.05, 0.1) is 0 Å². The SMILES string of the molecule is C=N/C=C\C(=C/C)Nc1nc(NCCCOC)nc(-c2ccccc2)n1. The third-order valence-electron chi connectivity index (χ3n) is 3.40. The Hall–Kier alpha value is -3.06. The van der Waals surface area contributed by atoms with Gasteiger partial charge in [-0.15, -0.1) is 0 Å². The van der Waals surface area contributed by atoms with Gasteiger partial charge in [-0.05, 0) is 26.1 Å². The maximum absolute atomic E-state index is 5.07. The number of ether oxygens (including phenoxy) is 1. The van der Waals surface area contributed by atoms with Crippen LogP contribution in [-0.2, 0) is 4.74 Å². The van der Waals surface area contributed by atoms with Gasteiger partial charge in [-0.1, -0.05) is 36.4 Å². The second-order valence-electron chi connectivity index (χ2n) is 5.31. The van der Waals surface area contributed by atoms with Gasteiger partial charge in [0.2, 0.25) is 11.9 Å². The number of hydrogen-bond acceptors (Lipinski definition) is 7. The van der Waals surface area contributed by atoms with Crippen LogP contribution in [-0.4, -0.2) is 41.9 Å². The third-order valence-corrected chi connectivity index (χ3v) is 3.40. The summed E-state index contributed by atoms with van der Waals surface area (Å²) in [6.45, 7) is 6.74. The minimum atomic E-state index is 0.454. The minimum Gasteiger partial charge on any atom is -0.385 e. The topological polar surface area (TPSA) is 84.3 Å². The molecule has 0 aliphatic heterocycles. The molecule has 1 heterocycles. The van der Waals surface area contributed by atoms with E-state index in [4.69, 9.17) is 4.74 Å². The van der Waals surface area contributed by atoms with Gasteiger partial charge in [-0.3, -0.25) is 4.99 Å². The Balaban J connectivity index is 2.27. The van der Waals surface area contributed by atoms with Crippen molar-refractivity contribution in [2.24, 2.45) is 4.99 Å². The molecular formula is C19H24N6O. The van der Waals surface area contributed by atoms with Crippen LogP contribution in [0.15, 0.2) is 59.4 Å². The first kappa shape index (κ1) is 19.3. The lowest BCUT2D eigenvalue weighted by atomic mass is 10.2. The standard InChI is InChI=1S/C19H24N6O/c1-4-16(11-13-20-2)22-19-24-17(15-9-6-5-7-10-15)23-18(25-19)21-12-8-14-26-3/h4-7,9-11,13H,2,8,12,14H2,1,3H3,(H2,21,22,23,24,25)/b13-11-,16-4+. The Kier molecular flexibility index (Phi) is 7.95. The fourth-order valence-corrected chi connectivity index (χ4v) is 2.12. The van der Waals surface area contributed by atoms with E-state index in [0.29, 0.717) is 30.9 Å². The van der Waals surface area contributed by atoms with Crippen LogP contribution in [0.25, 0.3) is 11.4 Å². The van der Waals surface area contributed by atoms with Gasteiger partial charge in [0.1, 0.15) is 0 Å². The molecule has 1 aromatic heterocycles. The second kappa shape index (κ2) is 10.7. The molecule has 0 saturated heterocycles. The van der Waals surface area contributed by atoms with E-state index < -0.39 is 0 Å². The van der Waals surface area contributed by atoms with Gasteiger partial charge >= 0.3 is 0 Å². The van der Waals surface area contributed by atoms with Gasteiger partial charge in [0.25, 0.3) is 0 Å². The molecule has 0 fully saturated rings. The lowest BCUT2D eigenvalue weighted by molar-refractivity contribution is 0.197.